The van der Waals surface area contributed by atoms with E-state index in [9.17, 15) is 19.7 Å². The average molecular weight is 385 g/mol. The summed E-state index contributed by atoms with van der Waals surface area (Å²) in [5, 5.41) is 21.1. The monoisotopic (exact) mass is 385 g/mol. The molecule has 0 unspecified atom stereocenters. The smallest absolute Gasteiger partial charge is 0.282 e. The zero-order chi connectivity index (χ0) is 20.1. The van der Waals surface area contributed by atoms with Crippen molar-refractivity contribution in [2.75, 3.05) is 13.1 Å². The molecule has 28 heavy (non-hydrogen) atoms. The van der Waals surface area contributed by atoms with Crippen molar-refractivity contribution >= 4 is 17.5 Å². The normalized spacial score (nSPS) is 13.1. The fourth-order valence-corrected chi connectivity index (χ4v) is 3.30. The van der Waals surface area contributed by atoms with Gasteiger partial charge in [0.25, 0.3) is 17.5 Å². The van der Waals surface area contributed by atoms with Crippen LogP contribution in [-0.2, 0) is 13.0 Å². The Labute approximate surface area is 162 Å². The molecule has 9 nitrogen and oxygen atoms in total. The maximum Gasteiger partial charge on any atom is 0.282 e. The van der Waals surface area contributed by atoms with E-state index in [-0.39, 0.29) is 29.4 Å². The van der Waals surface area contributed by atoms with E-state index < -0.39 is 10.8 Å². The largest absolute Gasteiger partial charge is 0.351 e. The summed E-state index contributed by atoms with van der Waals surface area (Å²) in [4.78, 5) is 37.5. The van der Waals surface area contributed by atoms with Gasteiger partial charge in [-0.15, -0.1) is 0 Å². The molecule has 2 amide bonds. The minimum atomic E-state index is -0.560. The number of nitrogens with one attached hydrogen (secondary N) is 2. The van der Waals surface area contributed by atoms with Crippen molar-refractivity contribution in [2.45, 2.75) is 39.2 Å². The fourth-order valence-electron chi connectivity index (χ4n) is 3.30. The summed E-state index contributed by atoms with van der Waals surface area (Å²) in [7, 11) is 0. The Morgan fingerprint density at radius 2 is 2.11 bits per heavy atom. The van der Waals surface area contributed by atoms with Crippen LogP contribution in [0, 0.1) is 10.1 Å². The zero-order valence-corrected chi connectivity index (χ0v) is 15.7. The molecular weight excluding hydrogens is 362 g/mol. The molecule has 2 N–H and O–H groups in total. The number of H-pyrrole nitrogens is 1. The average Bonchev–Trinajstić information content (AvgIpc) is 3.13. The van der Waals surface area contributed by atoms with Crippen molar-refractivity contribution in [3.63, 3.8) is 0 Å². The van der Waals surface area contributed by atoms with Gasteiger partial charge in [0.2, 0.25) is 0 Å². The Morgan fingerprint density at radius 3 is 2.86 bits per heavy atom. The van der Waals surface area contributed by atoms with Crippen LogP contribution >= 0.6 is 0 Å². The standard InChI is InChI=1S/C19H23N5O4/c1-2-3-6-10-20-18(25)17-14-12-23(11-9-15(14)21-22-17)19(26)13-7-4-5-8-16(13)24(27)28/h4-5,7-8H,2-3,6,9-12H2,1H3,(H,20,25)(H,21,22). The van der Waals surface area contributed by atoms with Gasteiger partial charge in [0.1, 0.15) is 5.56 Å². The number of carbonyl (C=O) groups excluding carboxylic acids is 2. The summed E-state index contributed by atoms with van der Waals surface area (Å²) < 4.78 is 0. The maximum absolute atomic E-state index is 12.9. The first-order valence-electron chi connectivity index (χ1n) is 9.40. The second-order valence-electron chi connectivity index (χ2n) is 6.74. The number of hydrogen-bond donors (Lipinski definition) is 2. The quantitative estimate of drug-likeness (QED) is 0.431. The summed E-state index contributed by atoms with van der Waals surface area (Å²) >= 11 is 0. The molecule has 2 heterocycles. The molecule has 1 aliphatic heterocycles. The van der Waals surface area contributed by atoms with Gasteiger partial charge >= 0.3 is 0 Å². The molecule has 2 aromatic rings. The minimum Gasteiger partial charge on any atom is -0.351 e. The van der Waals surface area contributed by atoms with Gasteiger partial charge in [-0.05, 0) is 12.5 Å². The van der Waals surface area contributed by atoms with Crippen molar-refractivity contribution in [1.82, 2.24) is 20.4 Å². The predicted molar refractivity (Wildman–Crippen MR) is 102 cm³/mol. The van der Waals surface area contributed by atoms with Crippen molar-refractivity contribution in [1.29, 1.82) is 0 Å². The second-order valence-corrected chi connectivity index (χ2v) is 6.74. The van der Waals surface area contributed by atoms with E-state index in [1.807, 2.05) is 0 Å². The van der Waals surface area contributed by atoms with Gasteiger partial charge in [0, 0.05) is 36.8 Å². The molecule has 0 bridgehead atoms. The fraction of sp³-hybridized carbons (Fsp3) is 0.421. The molecule has 0 saturated carbocycles. The molecule has 0 fully saturated rings. The first-order chi connectivity index (χ1) is 13.5. The van der Waals surface area contributed by atoms with E-state index in [1.54, 1.807) is 6.07 Å². The van der Waals surface area contributed by atoms with Crippen molar-refractivity contribution < 1.29 is 14.5 Å². The number of benzene rings is 1. The third-order valence-electron chi connectivity index (χ3n) is 4.83. The number of amides is 2. The highest BCUT2D eigenvalue weighted by molar-refractivity contribution is 5.99. The van der Waals surface area contributed by atoms with Crippen molar-refractivity contribution in [3.05, 3.63) is 56.9 Å². The highest BCUT2D eigenvalue weighted by Crippen LogP contribution is 2.25. The Kier molecular flexibility index (Phi) is 6.03. The Bertz CT molecular complexity index is 892. The first kappa shape index (κ1) is 19.5. The molecule has 1 aromatic carbocycles. The number of aromatic nitrogens is 2. The molecule has 9 heteroatoms. The minimum absolute atomic E-state index is 0.0463. The number of nitrogens with zero attached hydrogens (tertiary/aromatic N) is 3. The SMILES string of the molecule is CCCCCNC(=O)c1n[nH]c2c1CN(C(=O)c1ccccc1[N+](=O)[O-])CC2. The van der Waals surface area contributed by atoms with Crippen molar-refractivity contribution in [3.8, 4) is 0 Å². The van der Waals surface area contributed by atoms with Crippen LogP contribution in [0.1, 0.15) is 58.3 Å². The first-order valence-corrected chi connectivity index (χ1v) is 9.40. The number of nitro groups is 1. The molecule has 0 saturated heterocycles. The van der Waals surface area contributed by atoms with E-state index in [0.29, 0.717) is 25.1 Å². The van der Waals surface area contributed by atoms with E-state index >= 15 is 0 Å². The Hall–Kier alpha value is -3.23. The number of unbranched alkanes of at least 4 members (excludes halogenated alkanes) is 2. The Morgan fingerprint density at radius 1 is 1.32 bits per heavy atom. The number of para-hydroxylation sites is 1. The summed E-state index contributed by atoms with van der Waals surface area (Å²) in [5.41, 5.74) is 1.60. The van der Waals surface area contributed by atoms with Crippen LogP contribution < -0.4 is 5.32 Å². The molecule has 0 spiro atoms. The lowest BCUT2D eigenvalue weighted by atomic mass is 10.0. The van der Waals surface area contributed by atoms with E-state index in [1.165, 1.54) is 23.1 Å². The van der Waals surface area contributed by atoms with E-state index in [4.69, 9.17) is 0 Å². The number of nitro benzene ring substituents is 1. The zero-order valence-electron chi connectivity index (χ0n) is 15.7. The maximum atomic E-state index is 12.9. The van der Waals surface area contributed by atoms with Gasteiger partial charge in [-0.25, -0.2) is 0 Å². The van der Waals surface area contributed by atoms with Crippen molar-refractivity contribution in [2.24, 2.45) is 0 Å². The summed E-state index contributed by atoms with van der Waals surface area (Å²) in [6.45, 7) is 3.26. The lowest BCUT2D eigenvalue weighted by Crippen LogP contribution is -2.37. The number of fused-ring (bicyclic) bond motifs is 1. The van der Waals surface area contributed by atoms with E-state index in [0.717, 1.165) is 25.0 Å². The molecule has 1 aliphatic rings. The van der Waals surface area contributed by atoms with Crippen LogP contribution in [0.25, 0.3) is 0 Å². The molecular formula is C19H23N5O4. The molecule has 3 rings (SSSR count). The molecule has 0 aliphatic carbocycles. The lowest BCUT2D eigenvalue weighted by molar-refractivity contribution is -0.385. The molecule has 0 atom stereocenters. The molecule has 148 valence electrons. The lowest BCUT2D eigenvalue weighted by Gasteiger charge is -2.27. The van der Waals surface area contributed by atoms with Gasteiger partial charge in [0.15, 0.2) is 5.69 Å². The van der Waals surface area contributed by atoms with Crippen LogP contribution in [0.15, 0.2) is 24.3 Å². The summed E-state index contributed by atoms with van der Waals surface area (Å²) in [6.07, 6.45) is 3.52. The van der Waals surface area contributed by atoms with Gasteiger partial charge < -0.3 is 10.2 Å². The van der Waals surface area contributed by atoms with Gasteiger partial charge in [-0.1, -0.05) is 31.9 Å². The number of rotatable bonds is 7. The number of aromatic amines is 1. The van der Waals surface area contributed by atoms with Crippen LogP contribution in [0.3, 0.4) is 0 Å². The highest BCUT2D eigenvalue weighted by atomic mass is 16.6. The predicted octanol–water partition coefficient (Wildman–Crippen LogP) is 2.44. The topological polar surface area (TPSA) is 121 Å². The van der Waals surface area contributed by atoms with Crippen LogP contribution in [0.4, 0.5) is 5.69 Å². The third-order valence-corrected chi connectivity index (χ3v) is 4.83. The van der Waals surface area contributed by atoms with Gasteiger partial charge in [0.05, 0.1) is 11.5 Å². The number of carbonyl (C=O) groups is 2. The summed E-state index contributed by atoms with van der Waals surface area (Å²) in [6, 6.07) is 5.89. The van der Waals surface area contributed by atoms with Gasteiger partial charge in [-0.2, -0.15) is 5.10 Å². The van der Waals surface area contributed by atoms with Crippen LogP contribution in [0.2, 0.25) is 0 Å². The van der Waals surface area contributed by atoms with Gasteiger partial charge in [-0.3, -0.25) is 24.8 Å². The third kappa shape index (κ3) is 4.03. The second kappa shape index (κ2) is 8.64. The number of hydrogen-bond acceptors (Lipinski definition) is 5. The van der Waals surface area contributed by atoms with E-state index in [2.05, 4.69) is 22.4 Å². The summed E-state index contributed by atoms with van der Waals surface area (Å²) in [5.74, 6) is -0.693. The van der Waals surface area contributed by atoms with Crippen LogP contribution in [0.5, 0.6) is 0 Å². The molecule has 1 aromatic heterocycles. The highest BCUT2D eigenvalue weighted by Gasteiger charge is 2.30. The van der Waals surface area contributed by atoms with Crippen LogP contribution in [-0.4, -0.2) is 44.9 Å². The Balaban J connectivity index is 1.76. The molecule has 0 radical (unpaired) electrons.